The first kappa shape index (κ1) is 41.6. The highest BCUT2D eigenvalue weighted by Crippen LogP contribution is 2.12. The Morgan fingerprint density at radius 3 is 1.72 bits per heavy atom. The first-order valence-electron chi connectivity index (χ1n) is 16.8. The lowest BCUT2D eigenvalue weighted by atomic mass is 9.99. The summed E-state index contributed by atoms with van der Waals surface area (Å²) in [5, 5.41) is 35.4. The molecule has 0 bridgehead atoms. The van der Waals surface area contributed by atoms with E-state index in [1.807, 2.05) is 27.7 Å². The summed E-state index contributed by atoms with van der Waals surface area (Å²) in [5.41, 5.74) is 0.686. The van der Waals surface area contributed by atoms with Crippen LogP contribution in [-0.4, -0.2) is 107 Å². The number of aliphatic hydroxyl groups excluding tert-OH is 2. The molecule has 1 saturated heterocycles. The zero-order chi connectivity index (χ0) is 37.7. The summed E-state index contributed by atoms with van der Waals surface area (Å²) < 4.78 is 5.38. The molecule has 0 aliphatic carbocycles. The summed E-state index contributed by atoms with van der Waals surface area (Å²) in [5.74, 6) is -6.30. The molecule has 16 nitrogen and oxygen atoms in total. The van der Waals surface area contributed by atoms with Crippen LogP contribution in [0.5, 0.6) is 0 Å². The van der Waals surface area contributed by atoms with Gasteiger partial charge >= 0.3 is 5.97 Å². The van der Waals surface area contributed by atoms with E-state index in [1.165, 1.54) is 13.8 Å². The van der Waals surface area contributed by atoms with Crippen LogP contribution in [0, 0.1) is 11.8 Å². The Morgan fingerprint density at radius 2 is 1.22 bits per heavy atom. The second-order valence-electron chi connectivity index (χ2n) is 13.4. The van der Waals surface area contributed by atoms with E-state index in [9.17, 15) is 43.8 Å². The molecule has 50 heavy (non-hydrogen) atoms. The number of ether oxygens (including phenoxy) is 1. The molecule has 0 radical (unpaired) electrons. The number of hydrogen-bond acceptors (Lipinski definition) is 10. The largest absolute Gasteiger partial charge is 0.458 e. The van der Waals surface area contributed by atoms with Crippen LogP contribution in [0.4, 0.5) is 0 Å². The number of amides is 6. The number of rotatable bonds is 9. The standard InChI is InChI=1S/C34H52N6O10/c1-17(2)13-23-29(44)37-25(15-22-11-9-8-10-12-22)30(45)36-24(14-18(3)4)31(46)40-27(19(5)42)32(47)39-26(16-41)34(49)50-20(6)28(33(48)38-23)35-21(7)43/h8-12,17-20,23-28,41-42H,13-16H2,1-7H3,(H,35,43)(H,36,45)(H,37,44)(H,38,48)(H,39,47)(H,40,46)/t19-,20-,23-,24-,25-,26+,27+,28+/m1/s1. The molecular weight excluding hydrogens is 652 g/mol. The van der Waals surface area contributed by atoms with E-state index in [0.29, 0.717) is 5.56 Å². The third-order valence-electron chi connectivity index (χ3n) is 7.85. The zero-order valence-electron chi connectivity index (χ0n) is 29.6. The SMILES string of the molecule is CC(=O)N[C@@H]1C(=O)N[C@H](CC(C)C)C(=O)N[C@H](Cc2ccccc2)C(=O)N[C@H](CC(C)C)C(=O)N[C@@H]([C@@H](C)O)C(=O)N[C@@H](CO)C(=O)O[C@@H]1C. The van der Waals surface area contributed by atoms with E-state index in [-0.39, 0.29) is 31.1 Å². The van der Waals surface area contributed by atoms with E-state index >= 15 is 0 Å². The fraction of sp³-hybridized carbons (Fsp3) is 0.618. The maximum atomic E-state index is 13.9. The number of carbonyl (C=O) groups is 7. The van der Waals surface area contributed by atoms with Crippen LogP contribution in [-0.2, 0) is 44.7 Å². The van der Waals surface area contributed by atoms with Crippen LogP contribution in [0.3, 0.4) is 0 Å². The quantitative estimate of drug-likeness (QED) is 0.139. The van der Waals surface area contributed by atoms with Gasteiger partial charge in [0.15, 0.2) is 6.04 Å². The highest BCUT2D eigenvalue weighted by atomic mass is 16.5. The third-order valence-corrected chi connectivity index (χ3v) is 7.85. The molecule has 8 N–H and O–H groups in total. The number of aliphatic hydroxyl groups is 2. The molecule has 0 saturated carbocycles. The lowest BCUT2D eigenvalue weighted by Crippen LogP contribution is -2.61. The summed E-state index contributed by atoms with van der Waals surface area (Å²) in [7, 11) is 0. The maximum Gasteiger partial charge on any atom is 0.331 e. The van der Waals surface area contributed by atoms with Gasteiger partial charge in [0.2, 0.25) is 35.4 Å². The predicted molar refractivity (Wildman–Crippen MR) is 181 cm³/mol. The van der Waals surface area contributed by atoms with Gasteiger partial charge in [0.1, 0.15) is 36.3 Å². The average Bonchev–Trinajstić information content (AvgIpc) is 3.02. The Labute approximate surface area is 292 Å². The molecule has 0 unspecified atom stereocenters. The maximum absolute atomic E-state index is 13.9. The normalized spacial score (nSPS) is 27.0. The number of cyclic esters (lactones) is 1. The van der Waals surface area contributed by atoms with E-state index in [2.05, 4.69) is 31.9 Å². The van der Waals surface area contributed by atoms with Crippen molar-refractivity contribution < 1.29 is 48.5 Å². The van der Waals surface area contributed by atoms with Gasteiger partial charge in [-0.3, -0.25) is 28.8 Å². The van der Waals surface area contributed by atoms with Crippen molar-refractivity contribution in [2.45, 2.75) is 116 Å². The number of esters is 1. The molecule has 278 valence electrons. The van der Waals surface area contributed by atoms with Crippen molar-refractivity contribution in [2.24, 2.45) is 11.8 Å². The van der Waals surface area contributed by atoms with Crippen LogP contribution < -0.4 is 31.9 Å². The van der Waals surface area contributed by atoms with E-state index in [4.69, 9.17) is 4.74 Å². The molecule has 1 aromatic carbocycles. The number of benzene rings is 1. The highest BCUT2D eigenvalue weighted by Gasteiger charge is 2.38. The smallest absolute Gasteiger partial charge is 0.331 e. The lowest BCUT2D eigenvalue weighted by molar-refractivity contribution is -0.157. The van der Waals surface area contributed by atoms with Gasteiger partial charge in [0.05, 0.1) is 12.7 Å². The Balaban J connectivity index is 2.67. The Hall–Kier alpha value is -4.57. The predicted octanol–water partition coefficient (Wildman–Crippen LogP) is -1.43. The summed E-state index contributed by atoms with van der Waals surface area (Å²) in [6.45, 7) is 9.94. The topological polar surface area (TPSA) is 241 Å². The van der Waals surface area contributed by atoms with Crippen LogP contribution >= 0.6 is 0 Å². The van der Waals surface area contributed by atoms with Crippen molar-refractivity contribution in [2.75, 3.05) is 6.61 Å². The second kappa shape index (κ2) is 19.6. The molecule has 16 heteroatoms. The van der Waals surface area contributed by atoms with Crippen LogP contribution in [0.1, 0.15) is 66.9 Å². The summed E-state index contributed by atoms with van der Waals surface area (Å²) in [4.78, 5) is 93.4. The molecular formula is C34H52N6O10. The zero-order valence-corrected chi connectivity index (χ0v) is 29.6. The van der Waals surface area contributed by atoms with E-state index in [1.54, 1.807) is 30.3 Å². The summed E-state index contributed by atoms with van der Waals surface area (Å²) in [6, 6.07) is 0.306. The Kier molecular flexibility index (Phi) is 16.3. The third kappa shape index (κ3) is 13.0. The molecule has 1 aromatic rings. The van der Waals surface area contributed by atoms with Crippen molar-refractivity contribution in [3.63, 3.8) is 0 Å². The van der Waals surface area contributed by atoms with E-state index < -0.39 is 96.5 Å². The molecule has 1 aliphatic rings. The van der Waals surface area contributed by atoms with Gasteiger partial charge in [-0.2, -0.15) is 0 Å². The van der Waals surface area contributed by atoms with Crippen molar-refractivity contribution in [3.05, 3.63) is 35.9 Å². The van der Waals surface area contributed by atoms with Crippen molar-refractivity contribution in [1.29, 1.82) is 0 Å². The first-order chi connectivity index (χ1) is 23.4. The van der Waals surface area contributed by atoms with Gasteiger partial charge in [-0.1, -0.05) is 58.0 Å². The van der Waals surface area contributed by atoms with Crippen LogP contribution in [0.25, 0.3) is 0 Å². The lowest BCUT2D eigenvalue weighted by Gasteiger charge is -2.29. The summed E-state index contributed by atoms with van der Waals surface area (Å²) in [6.07, 6.45) is -2.62. The summed E-state index contributed by atoms with van der Waals surface area (Å²) >= 11 is 0. The molecule has 0 spiro atoms. The monoisotopic (exact) mass is 704 g/mol. The first-order valence-corrected chi connectivity index (χ1v) is 16.8. The Bertz CT molecular complexity index is 1350. The minimum Gasteiger partial charge on any atom is -0.458 e. The van der Waals surface area contributed by atoms with Gasteiger partial charge in [0.25, 0.3) is 0 Å². The second-order valence-corrected chi connectivity index (χ2v) is 13.4. The van der Waals surface area contributed by atoms with Crippen molar-refractivity contribution >= 4 is 41.4 Å². The molecule has 6 amide bonds. The number of nitrogens with one attached hydrogen (secondary N) is 6. The fourth-order valence-electron chi connectivity index (χ4n) is 5.32. The molecule has 2 rings (SSSR count). The minimum atomic E-state index is -1.70. The van der Waals surface area contributed by atoms with Gasteiger partial charge in [0, 0.05) is 13.3 Å². The molecule has 8 atom stereocenters. The van der Waals surface area contributed by atoms with Gasteiger partial charge in [-0.25, -0.2) is 4.79 Å². The van der Waals surface area contributed by atoms with Crippen LogP contribution in [0.2, 0.25) is 0 Å². The van der Waals surface area contributed by atoms with Crippen LogP contribution in [0.15, 0.2) is 30.3 Å². The van der Waals surface area contributed by atoms with Gasteiger partial charge in [-0.15, -0.1) is 0 Å². The molecule has 1 fully saturated rings. The molecule has 1 aliphatic heterocycles. The van der Waals surface area contributed by atoms with Gasteiger partial charge in [-0.05, 0) is 44.1 Å². The fourth-order valence-corrected chi connectivity index (χ4v) is 5.32. The average molecular weight is 705 g/mol. The minimum absolute atomic E-state index is 0.0134. The molecule has 1 heterocycles. The number of carbonyl (C=O) groups excluding carboxylic acids is 7. The Morgan fingerprint density at radius 1 is 0.740 bits per heavy atom. The highest BCUT2D eigenvalue weighted by molar-refractivity contribution is 5.97. The number of hydrogen-bond donors (Lipinski definition) is 8. The van der Waals surface area contributed by atoms with Crippen molar-refractivity contribution in [3.8, 4) is 0 Å². The van der Waals surface area contributed by atoms with E-state index in [0.717, 1.165) is 6.92 Å². The van der Waals surface area contributed by atoms with Crippen molar-refractivity contribution in [1.82, 2.24) is 31.9 Å². The molecule has 0 aromatic heterocycles. The van der Waals surface area contributed by atoms with Gasteiger partial charge < -0.3 is 46.9 Å².